The van der Waals surface area contributed by atoms with E-state index in [-0.39, 0.29) is 10.8 Å². The van der Waals surface area contributed by atoms with Gasteiger partial charge in [-0.05, 0) is 55.2 Å². The quantitative estimate of drug-likeness (QED) is 0.850. The second-order valence-electron chi connectivity index (χ2n) is 5.79. The van der Waals surface area contributed by atoms with Crippen molar-refractivity contribution in [2.45, 2.75) is 30.6 Å². The number of carbonyl (C=O) groups is 1. The van der Waals surface area contributed by atoms with E-state index in [1.165, 1.54) is 43.9 Å². The summed E-state index contributed by atoms with van der Waals surface area (Å²) in [5, 5.41) is 2.92. The molecule has 0 spiro atoms. The first kappa shape index (κ1) is 13.9. The highest BCUT2D eigenvalue weighted by Gasteiger charge is 2.53. The summed E-state index contributed by atoms with van der Waals surface area (Å²) in [6.07, 6.45) is 4.92. The van der Waals surface area contributed by atoms with Crippen LogP contribution in [-0.2, 0) is 9.05 Å². The highest BCUT2D eigenvalue weighted by Crippen LogP contribution is 2.60. The van der Waals surface area contributed by atoms with Gasteiger partial charge < -0.3 is 5.32 Å². The Morgan fingerprint density at radius 3 is 2.60 bits per heavy atom. The van der Waals surface area contributed by atoms with E-state index in [0.29, 0.717) is 17.5 Å². The van der Waals surface area contributed by atoms with E-state index in [1.807, 2.05) is 0 Å². The van der Waals surface area contributed by atoms with Gasteiger partial charge in [0.1, 0.15) is 0 Å². The lowest BCUT2D eigenvalue weighted by Gasteiger charge is -2.15. The number of amides is 1. The van der Waals surface area contributed by atoms with Crippen molar-refractivity contribution in [1.82, 2.24) is 5.32 Å². The third kappa shape index (κ3) is 2.83. The number of hydrogen-bond donors (Lipinski definition) is 1. The lowest BCUT2D eigenvalue weighted by molar-refractivity contribution is 0.0942. The molecule has 6 heteroatoms. The second kappa shape index (κ2) is 4.74. The molecule has 2 saturated carbocycles. The molecule has 1 aromatic rings. The zero-order valence-electron chi connectivity index (χ0n) is 10.9. The maximum absolute atomic E-state index is 12.1. The highest BCUT2D eigenvalue weighted by atomic mass is 35.7. The topological polar surface area (TPSA) is 63.2 Å². The van der Waals surface area contributed by atoms with Crippen LogP contribution in [0.2, 0.25) is 0 Å². The van der Waals surface area contributed by atoms with Crippen molar-refractivity contribution >= 4 is 25.6 Å². The molecule has 0 bridgehead atoms. The van der Waals surface area contributed by atoms with E-state index >= 15 is 0 Å². The van der Waals surface area contributed by atoms with Crippen LogP contribution in [0.25, 0.3) is 0 Å². The van der Waals surface area contributed by atoms with Gasteiger partial charge in [0, 0.05) is 22.8 Å². The molecule has 3 rings (SSSR count). The zero-order chi connectivity index (χ0) is 14.4. The van der Waals surface area contributed by atoms with Crippen molar-refractivity contribution in [3.8, 4) is 0 Å². The van der Waals surface area contributed by atoms with Crippen LogP contribution in [0.1, 0.15) is 36.0 Å². The average molecular weight is 314 g/mol. The van der Waals surface area contributed by atoms with Gasteiger partial charge in [0.2, 0.25) is 0 Å². The van der Waals surface area contributed by atoms with Gasteiger partial charge in [0.25, 0.3) is 15.0 Å². The Morgan fingerprint density at radius 2 is 2.05 bits per heavy atom. The second-order valence-corrected chi connectivity index (χ2v) is 8.35. The number of benzene rings is 1. The summed E-state index contributed by atoms with van der Waals surface area (Å²) in [6.45, 7) is 0.689. The molecule has 108 valence electrons. The van der Waals surface area contributed by atoms with Crippen molar-refractivity contribution in [1.29, 1.82) is 0 Å². The molecule has 1 aromatic carbocycles. The molecule has 0 heterocycles. The molecule has 0 aliphatic heterocycles. The molecular weight excluding hydrogens is 298 g/mol. The van der Waals surface area contributed by atoms with Crippen LogP contribution in [0, 0.1) is 11.3 Å². The van der Waals surface area contributed by atoms with Gasteiger partial charge >= 0.3 is 0 Å². The Kier molecular flexibility index (Phi) is 3.29. The first-order valence-electron chi connectivity index (χ1n) is 6.74. The Labute approximate surface area is 122 Å². The zero-order valence-corrected chi connectivity index (χ0v) is 12.5. The van der Waals surface area contributed by atoms with Crippen LogP contribution in [0.4, 0.5) is 0 Å². The molecule has 0 aromatic heterocycles. The van der Waals surface area contributed by atoms with Crippen LogP contribution in [-0.4, -0.2) is 20.9 Å². The third-order valence-electron chi connectivity index (χ3n) is 4.31. The smallest absolute Gasteiger partial charge is 0.261 e. The summed E-state index contributed by atoms with van der Waals surface area (Å²) in [4.78, 5) is 12.0. The van der Waals surface area contributed by atoms with Crippen molar-refractivity contribution < 1.29 is 13.2 Å². The molecule has 2 aliphatic rings. The predicted octanol–water partition coefficient (Wildman–Crippen LogP) is 2.53. The molecule has 4 nitrogen and oxygen atoms in total. The molecular formula is C14H16ClNO3S. The minimum Gasteiger partial charge on any atom is -0.351 e. The monoisotopic (exact) mass is 313 g/mol. The van der Waals surface area contributed by atoms with E-state index in [4.69, 9.17) is 10.7 Å². The summed E-state index contributed by atoms with van der Waals surface area (Å²) in [6, 6.07) is 5.82. The van der Waals surface area contributed by atoms with E-state index in [1.54, 1.807) is 6.07 Å². The molecule has 1 N–H and O–H groups in total. The Bertz CT molecular complexity index is 648. The number of rotatable bonds is 5. The van der Waals surface area contributed by atoms with Crippen LogP contribution >= 0.6 is 10.7 Å². The van der Waals surface area contributed by atoms with Gasteiger partial charge in [0.15, 0.2) is 0 Å². The molecule has 1 amide bonds. The van der Waals surface area contributed by atoms with Crippen LogP contribution in [0.3, 0.4) is 0 Å². The van der Waals surface area contributed by atoms with E-state index < -0.39 is 9.05 Å². The molecule has 0 unspecified atom stereocenters. The summed E-state index contributed by atoms with van der Waals surface area (Å²) >= 11 is 0. The first-order chi connectivity index (χ1) is 9.41. The molecule has 0 radical (unpaired) electrons. The molecule has 2 fully saturated rings. The van der Waals surface area contributed by atoms with Gasteiger partial charge in [-0.2, -0.15) is 0 Å². The van der Waals surface area contributed by atoms with Crippen molar-refractivity contribution in [3.63, 3.8) is 0 Å². The SMILES string of the molecule is O=C(NCC1(C2CC2)CC1)c1cccc(S(=O)(=O)Cl)c1. The summed E-state index contributed by atoms with van der Waals surface area (Å²) < 4.78 is 22.5. The van der Waals surface area contributed by atoms with Gasteiger partial charge in [-0.3, -0.25) is 4.79 Å². The minimum atomic E-state index is -3.80. The summed E-state index contributed by atoms with van der Waals surface area (Å²) in [7, 11) is 1.48. The molecule has 20 heavy (non-hydrogen) atoms. The largest absolute Gasteiger partial charge is 0.351 e. The highest BCUT2D eigenvalue weighted by molar-refractivity contribution is 8.13. The van der Waals surface area contributed by atoms with Gasteiger partial charge in [0.05, 0.1) is 4.90 Å². The maximum Gasteiger partial charge on any atom is 0.261 e. The molecule has 0 saturated heterocycles. The predicted molar refractivity (Wildman–Crippen MR) is 76.2 cm³/mol. The van der Waals surface area contributed by atoms with Gasteiger partial charge in [-0.15, -0.1) is 0 Å². The minimum absolute atomic E-state index is 0.0462. The van der Waals surface area contributed by atoms with Crippen LogP contribution in [0.5, 0.6) is 0 Å². The molecule has 2 aliphatic carbocycles. The lowest BCUT2D eigenvalue weighted by Crippen LogP contribution is -2.31. The van der Waals surface area contributed by atoms with Crippen molar-refractivity contribution in [2.75, 3.05) is 6.54 Å². The van der Waals surface area contributed by atoms with Crippen LogP contribution in [0.15, 0.2) is 29.2 Å². The first-order valence-corrected chi connectivity index (χ1v) is 9.05. The third-order valence-corrected chi connectivity index (χ3v) is 5.67. The fourth-order valence-electron chi connectivity index (χ4n) is 2.73. The molecule has 0 atom stereocenters. The standard InChI is InChI=1S/C14H16ClNO3S/c15-20(18,19)12-3-1-2-10(8-12)13(17)16-9-14(6-7-14)11-4-5-11/h1-3,8,11H,4-7,9H2,(H,16,17). The maximum atomic E-state index is 12.1. The average Bonchev–Trinajstić information content (AvgIpc) is 3.27. The summed E-state index contributed by atoms with van der Waals surface area (Å²) in [5.74, 6) is 0.538. The summed E-state index contributed by atoms with van der Waals surface area (Å²) in [5.41, 5.74) is 0.657. The van der Waals surface area contributed by atoms with E-state index in [2.05, 4.69) is 5.32 Å². The Hall–Kier alpha value is -1.07. The number of carbonyl (C=O) groups excluding carboxylic acids is 1. The van der Waals surface area contributed by atoms with E-state index in [0.717, 1.165) is 5.92 Å². The van der Waals surface area contributed by atoms with E-state index in [9.17, 15) is 13.2 Å². The van der Waals surface area contributed by atoms with Gasteiger partial charge in [-0.25, -0.2) is 8.42 Å². The van der Waals surface area contributed by atoms with Crippen molar-refractivity contribution in [3.05, 3.63) is 29.8 Å². The number of hydrogen-bond acceptors (Lipinski definition) is 3. The lowest BCUT2D eigenvalue weighted by atomic mass is 10.0. The van der Waals surface area contributed by atoms with Crippen LogP contribution < -0.4 is 5.32 Å². The number of halogens is 1. The number of nitrogens with one attached hydrogen (secondary N) is 1. The Balaban J connectivity index is 1.68. The Morgan fingerprint density at radius 1 is 1.35 bits per heavy atom. The fourth-order valence-corrected chi connectivity index (χ4v) is 3.53. The van der Waals surface area contributed by atoms with Gasteiger partial charge in [-0.1, -0.05) is 6.07 Å². The normalized spacial score (nSPS) is 20.4. The fraction of sp³-hybridized carbons (Fsp3) is 0.500. The van der Waals surface area contributed by atoms with Crippen molar-refractivity contribution in [2.24, 2.45) is 11.3 Å².